The first-order valence-corrected chi connectivity index (χ1v) is 8.35. The van der Waals surface area contributed by atoms with Gasteiger partial charge in [0.15, 0.2) is 0 Å². The van der Waals surface area contributed by atoms with Crippen LogP contribution in [0.5, 0.6) is 0 Å². The first-order valence-electron chi connectivity index (χ1n) is 6.87. The molecule has 1 saturated carbocycles. The number of sulfonamides is 1. The minimum absolute atomic E-state index is 0.111. The van der Waals surface area contributed by atoms with Gasteiger partial charge in [-0.2, -0.15) is 5.10 Å². The van der Waals surface area contributed by atoms with Crippen LogP contribution in [0.2, 0.25) is 0 Å². The van der Waals surface area contributed by atoms with Crippen LogP contribution in [0.3, 0.4) is 0 Å². The zero-order chi connectivity index (χ0) is 14.9. The maximum Gasteiger partial charge on any atom is 0.267 e. The molecule has 1 aromatic heterocycles. The van der Waals surface area contributed by atoms with E-state index < -0.39 is 15.9 Å². The van der Waals surface area contributed by atoms with Crippen LogP contribution in [-0.4, -0.2) is 24.1 Å². The highest BCUT2D eigenvalue weighted by Crippen LogP contribution is 2.27. The monoisotopic (exact) mass is 299 g/mol. The Bertz CT molecular complexity index is 613. The number of rotatable bonds is 4. The van der Waals surface area contributed by atoms with Crippen molar-refractivity contribution in [3.05, 3.63) is 11.4 Å². The molecule has 1 amide bonds. The minimum Gasteiger partial charge on any atom is -0.274 e. The predicted octanol–water partition coefficient (Wildman–Crippen LogP) is 1.42. The lowest BCUT2D eigenvalue weighted by Gasteiger charge is -2.10. The minimum atomic E-state index is -3.82. The average Bonchev–Trinajstić information content (AvgIpc) is 2.87. The van der Waals surface area contributed by atoms with Crippen molar-refractivity contribution in [2.24, 2.45) is 13.0 Å². The van der Waals surface area contributed by atoms with Gasteiger partial charge < -0.3 is 0 Å². The van der Waals surface area contributed by atoms with E-state index in [1.807, 2.05) is 0 Å². The standard InChI is InChI=1S/C13H21N3O3S/c1-9-13(10(2)16(3)14-9)20(18,19)15-12(17)8-11-6-4-5-7-11/h11H,4-8H2,1-3H3,(H,15,17). The molecule has 1 aliphatic carbocycles. The lowest BCUT2D eigenvalue weighted by molar-refractivity contribution is -0.120. The molecule has 112 valence electrons. The summed E-state index contributed by atoms with van der Waals surface area (Å²) in [6.07, 6.45) is 4.57. The maximum atomic E-state index is 12.3. The number of aromatic nitrogens is 2. The molecule has 1 N–H and O–H groups in total. The Hall–Kier alpha value is -1.37. The third kappa shape index (κ3) is 3.03. The fraction of sp³-hybridized carbons (Fsp3) is 0.692. The molecule has 1 aliphatic rings. The molecule has 0 saturated heterocycles. The van der Waals surface area contributed by atoms with Crippen molar-refractivity contribution < 1.29 is 13.2 Å². The molecule has 0 unspecified atom stereocenters. The second kappa shape index (κ2) is 5.55. The summed E-state index contributed by atoms with van der Waals surface area (Å²) in [6, 6.07) is 0. The second-order valence-electron chi connectivity index (χ2n) is 5.51. The van der Waals surface area contributed by atoms with Gasteiger partial charge in [0, 0.05) is 13.5 Å². The summed E-state index contributed by atoms with van der Waals surface area (Å²) >= 11 is 0. The number of nitrogens with zero attached hydrogens (tertiary/aromatic N) is 2. The summed E-state index contributed by atoms with van der Waals surface area (Å²) in [5.41, 5.74) is 0.940. The molecular formula is C13H21N3O3S. The quantitative estimate of drug-likeness (QED) is 0.911. The summed E-state index contributed by atoms with van der Waals surface area (Å²) in [6.45, 7) is 3.30. The van der Waals surface area contributed by atoms with E-state index in [9.17, 15) is 13.2 Å². The molecule has 2 rings (SSSR count). The second-order valence-corrected chi connectivity index (χ2v) is 7.13. The Kier molecular flexibility index (Phi) is 4.17. The van der Waals surface area contributed by atoms with Crippen molar-refractivity contribution in [2.45, 2.75) is 50.8 Å². The molecule has 1 fully saturated rings. The number of hydrogen-bond donors (Lipinski definition) is 1. The zero-order valence-corrected chi connectivity index (χ0v) is 13.0. The lowest BCUT2D eigenvalue weighted by Crippen LogP contribution is -2.32. The van der Waals surface area contributed by atoms with Gasteiger partial charge in [-0.15, -0.1) is 0 Å². The molecule has 0 radical (unpaired) electrons. The highest BCUT2D eigenvalue weighted by atomic mass is 32.2. The topological polar surface area (TPSA) is 81.1 Å². The summed E-state index contributed by atoms with van der Waals surface area (Å²) in [4.78, 5) is 12.0. The smallest absolute Gasteiger partial charge is 0.267 e. The average molecular weight is 299 g/mol. The lowest BCUT2D eigenvalue weighted by atomic mass is 10.0. The zero-order valence-electron chi connectivity index (χ0n) is 12.1. The van der Waals surface area contributed by atoms with E-state index in [4.69, 9.17) is 0 Å². The van der Waals surface area contributed by atoms with Gasteiger partial charge in [0.1, 0.15) is 4.90 Å². The van der Waals surface area contributed by atoms with Gasteiger partial charge in [-0.1, -0.05) is 12.8 Å². The van der Waals surface area contributed by atoms with E-state index in [1.54, 1.807) is 20.9 Å². The van der Waals surface area contributed by atoms with Gasteiger partial charge in [-0.05, 0) is 32.6 Å². The van der Waals surface area contributed by atoms with Crippen LogP contribution in [0.25, 0.3) is 0 Å². The molecule has 1 heterocycles. The number of carbonyl (C=O) groups excluding carboxylic acids is 1. The van der Waals surface area contributed by atoms with Crippen molar-refractivity contribution in [1.82, 2.24) is 14.5 Å². The Morgan fingerprint density at radius 3 is 2.45 bits per heavy atom. The maximum absolute atomic E-state index is 12.3. The Morgan fingerprint density at radius 1 is 1.35 bits per heavy atom. The van der Waals surface area contributed by atoms with Crippen LogP contribution in [0.1, 0.15) is 43.5 Å². The highest BCUT2D eigenvalue weighted by molar-refractivity contribution is 7.90. The fourth-order valence-corrected chi connectivity index (χ4v) is 4.30. The first-order chi connectivity index (χ1) is 9.31. The van der Waals surface area contributed by atoms with E-state index in [1.165, 1.54) is 4.68 Å². The van der Waals surface area contributed by atoms with Gasteiger partial charge in [0.25, 0.3) is 10.0 Å². The number of amides is 1. The third-order valence-corrected chi connectivity index (χ3v) is 5.53. The molecule has 7 heteroatoms. The summed E-state index contributed by atoms with van der Waals surface area (Å²) < 4.78 is 28.3. The van der Waals surface area contributed by atoms with Crippen molar-refractivity contribution >= 4 is 15.9 Å². The van der Waals surface area contributed by atoms with Crippen molar-refractivity contribution in [1.29, 1.82) is 0 Å². The molecule has 0 atom stereocenters. The van der Waals surface area contributed by atoms with Crippen LogP contribution >= 0.6 is 0 Å². The van der Waals surface area contributed by atoms with Gasteiger partial charge in [-0.3, -0.25) is 9.48 Å². The normalized spacial score (nSPS) is 16.6. The summed E-state index contributed by atoms with van der Waals surface area (Å²) in [5.74, 6) is -0.0964. The fourth-order valence-electron chi connectivity index (χ4n) is 2.86. The Balaban J connectivity index is 2.12. The highest BCUT2D eigenvalue weighted by Gasteiger charge is 2.27. The van der Waals surface area contributed by atoms with E-state index in [2.05, 4.69) is 9.82 Å². The molecule has 0 bridgehead atoms. The van der Waals surface area contributed by atoms with Crippen LogP contribution in [0, 0.1) is 19.8 Å². The van der Waals surface area contributed by atoms with Gasteiger partial charge in [0.2, 0.25) is 5.91 Å². The predicted molar refractivity (Wildman–Crippen MR) is 74.6 cm³/mol. The molecule has 6 nitrogen and oxygen atoms in total. The molecule has 0 aromatic carbocycles. The molecule has 0 aliphatic heterocycles. The van der Waals surface area contributed by atoms with Gasteiger partial charge >= 0.3 is 0 Å². The molecule has 1 aromatic rings. The van der Waals surface area contributed by atoms with Crippen molar-refractivity contribution in [2.75, 3.05) is 0 Å². The molecule has 0 spiro atoms. The van der Waals surface area contributed by atoms with E-state index in [0.29, 0.717) is 17.3 Å². The Morgan fingerprint density at radius 2 is 1.95 bits per heavy atom. The molecule has 20 heavy (non-hydrogen) atoms. The number of nitrogens with one attached hydrogen (secondary N) is 1. The van der Waals surface area contributed by atoms with Crippen LogP contribution in [0.15, 0.2) is 4.90 Å². The van der Waals surface area contributed by atoms with Gasteiger partial charge in [-0.25, -0.2) is 13.1 Å². The first kappa shape index (κ1) is 15.0. The Labute approximate surface area is 119 Å². The van der Waals surface area contributed by atoms with E-state index >= 15 is 0 Å². The van der Waals surface area contributed by atoms with Crippen LogP contribution in [-0.2, 0) is 21.9 Å². The van der Waals surface area contributed by atoms with Crippen molar-refractivity contribution in [3.8, 4) is 0 Å². The van der Waals surface area contributed by atoms with E-state index in [-0.39, 0.29) is 11.3 Å². The summed E-state index contributed by atoms with van der Waals surface area (Å²) in [7, 11) is -2.14. The van der Waals surface area contributed by atoms with Gasteiger partial charge in [0.05, 0.1) is 11.4 Å². The number of hydrogen-bond acceptors (Lipinski definition) is 4. The number of aryl methyl sites for hydroxylation is 2. The third-order valence-electron chi connectivity index (χ3n) is 3.91. The summed E-state index contributed by atoms with van der Waals surface area (Å²) in [5, 5.41) is 4.07. The number of carbonyl (C=O) groups is 1. The largest absolute Gasteiger partial charge is 0.274 e. The molecular weight excluding hydrogens is 278 g/mol. The van der Waals surface area contributed by atoms with Crippen molar-refractivity contribution in [3.63, 3.8) is 0 Å². The van der Waals surface area contributed by atoms with Crippen LogP contribution in [0.4, 0.5) is 0 Å². The SMILES string of the molecule is Cc1nn(C)c(C)c1S(=O)(=O)NC(=O)CC1CCCC1. The van der Waals surface area contributed by atoms with Crippen LogP contribution < -0.4 is 4.72 Å². The van der Waals surface area contributed by atoms with E-state index in [0.717, 1.165) is 25.7 Å².